The van der Waals surface area contributed by atoms with E-state index in [1.807, 2.05) is 0 Å². The molecule has 0 aliphatic heterocycles. The standard InChI is InChI=1S/C11H12FN5O/c1-6-3-7(13)4-8(12)9(6)17-5-15-10(14-2)16-11(17)18/h3-5H,13H2,1-2H3,(H,14,16,18). The number of rotatable bonds is 2. The Bertz CT molecular complexity index is 629. The molecule has 0 amide bonds. The van der Waals surface area contributed by atoms with Gasteiger partial charge in [-0.3, -0.25) is 0 Å². The van der Waals surface area contributed by atoms with Gasteiger partial charge in [-0.25, -0.2) is 18.7 Å². The number of hydrogen-bond acceptors (Lipinski definition) is 5. The Morgan fingerprint density at radius 1 is 1.44 bits per heavy atom. The topological polar surface area (TPSA) is 85.8 Å². The van der Waals surface area contributed by atoms with Crippen molar-refractivity contribution in [2.45, 2.75) is 6.92 Å². The molecule has 18 heavy (non-hydrogen) atoms. The Morgan fingerprint density at radius 3 is 2.72 bits per heavy atom. The van der Waals surface area contributed by atoms with Crippen molar-refractivity contribution in [1.82, 2.24) is 14.5 Å². The fraction of sp³-hybridized carbons (Fsp3) is 0.182. The Balaban J connectivity index is 2.66. The molecular weight excluding hydrogens is 237 g/mol. The van der Waals surface area contributed by atoms with E-state index in [1.165, 1.54) is 6.33 Å². The maximum Gasteiger partial charge on any atom is 0.356 e. The first-order valence-electron chi connectivity index (χ1n) is 5.22. The molecule has 0 atom stereocenters. The number of benzene rings is 1. The van der Waals surface area contributed by atoms with Crippen molar-refractivity contribution in [3.8, 4) is 5.69 Å². The molecule has 6 nitrogen and oxygen atoms in total. The van der Waals surface area contributed by atoms with Crippen molar-refractivity contribution in [2.75, 3.05) is 18.1 Å². The first-order valence-corrected chi connectivity index (χ1v) is 5.22. The second-order valence-corrected chi connectivity index (χ2v) is 3.75. The summed E-state index contributed by atoms with van der Waals surface area (Å²) in [5.74, 6) is -0.403. The van der Waals surface area contributed by atoms with Crippen molar-refractivity contribution in [1.29, 1.82) is 0 Å². The van der Waals surface area contributed by atoms with E-state index < -0.39 is 11.5 Å². The average molecular weight is 249 g/mol. The molecule has 0 fully saturated rings. The molecular formula is C11H12FN5O. The summed E-state index contributed by atoms with van der Waals surface area (Å²) in [6.45, 7) is 1.66. The van der Waals surface area contributed by atoms with Crippen LogP contribution >= 0.6 is 0 Å². The van der Waals surface area contributed by atoms with Gasteiger partial charge in [0.25, 0.3) is 0 Å². The van der Waals surface area contributed by atoms with Gasteiger partial charge in [0.2, 0.25) is 5.95 Å². The van der Waals surface area contributed by atoms with Gasteiger partial charge >= 0.3 is 5.69 Å². The van der Waals surface area contributed by atoms with Crippen LogP contribution in [0.25, 0.3) is 5.69 Å². The Labute approximate surface area is 102 Å². The Morgan fingerprint density at radius 2 is 2.17 bits per heavy atom. The summed E-state index contributed by atoms with van der Waals surface area (Å²) in [4.78, 5) is 19.3. The van der Waals surface area contributed by atoms with Crippen LogP contribution in [-0.2, 0) is 0 Å². The van der Waals surface area contributed by atoms with Gasteiger partial charge in [-0.1, -0.05) is 0 Å². The van der Waals surface area contributed by atoms with Crippen LogP contribution in [0.3, 0.4) is 0 Å². The maximum atomic E-state index is 13.8. The minimum Gasteiger partial charge on any atom is -0.399 e. The summed E-state index contributed by atoms with van der Waals surface area (Å²) < 4.78 is 14.9. The molecule has 0 radical (unpaired) electrons. The van der Waals surface area contributed by atoms with Gasteiger partial charge in [0.05, 0.1) is 5.69 Å². The number of nitrogen functional groups attached to an aromatic ring is 1. The molecule has 0 aliphatic rings. The number of anilines is 2. The highest BCUT2D eigenvalue weighted by atomic mass is 19.1. The molecule has 0 aliphatic carbocycles. The van der Waals surface area contributed by atoms with Crippen LogP contribution in [0.4, 0.5) is 16.0 Å². The van der Waals surface area contributed by atoms with Gasteiger partial charge in [0.15, 0.2) is 0 Å². The monoisotopic (exact) mass is 249 g/mol. The number of nitrogens with two attached hydrogens (primary N) is 1. The normalized spacial score (nSPS) is 10.4. The molecule has 2 aromatic rings. The Hall–Kier alpha value is -2.44. The molecule has 7 heteroatoms. The van der Waals surface area contributed by atoms with Crippen molar-refractivity contribution in [3.63, 3.8) is 0 Å². The van der Waals surface area contributed by atoms with Gasteiger partial charge in [-0.2, -0.15) is 4.98 Å². The minimum absolute atomic E-state index is 0.108. The van der Waals surface area contributed by atoms with Crippen LogP contribution in [0.2, 0.25) is 0 Å². The number of aryl methyl sites for hydroxylation is 1. The van der Waals surface area contributed by atoms with Crippen molar-refractivity contribution in [3.05, 3.63) is 40.3 Å². The van der Waals surface area contributed by atoms with E-state index in [2.05, 4.69) is 15.3 Å². The third kappa shape index (κ3) is 2.02. The average Bonchev–Trinajstić information content (AvgIpc) is 2.29. The van der Waals surface area contributed by atoms with Crippen LogP contribution in [0.15, 0.2) is 23.3 Å². The molecule has 1 aromatic heterocycles. The van der Waals surface area contributed by atoms with Crippen LogP contribution < -0.4 is 16.7 Å². The SMILES string of the molecule is CNc1ncn(-c2c(C)cc(N)cc2F)c(=O)n1. The molecule has 0 saturated heterocycles. The summed E-state index contributed by atoms with van der Waals surface area (Å²) in [7, 11) is 1.59. The lowest BCUT2D eigenvalue weighted by Gasteiger charge is -2.10. The number of hydrogen-bond donors (Lipinski definition) is 2. The largest absolute Gasteiger partial charge is 0.399 e. The molecule has 0 bridgehead atoms. The maximum absolute atomic E-state index is 13.8. The lowest BCUT2D eigenvalue weighted by atomic mass is 10.1. The highest BCUT2D eigenvalue weighted by Gasteiger charge is 2.12. The van der Waals surface area contributed by atoms with Crippen LogP contribution in [0.1, 0.15) is 5.56 Å². The highest BCUT2D eigenvalue weighted by Crippen LogP contribution is 2.19. The van der Waals surface area contributed by atoms with Crippen molar-refractivity contribution >= 4 is 11.6 Å². The molecule has 1 heterocycles. The smallest absolute Gasteiger partial charge is 0.356 e. The van der Waals surface area contributed by atoms with E-state index in [4.69, 9.17) is 5.73 Å². The zero-order chi connectivity index (χ0) is 13.3. The molecule has 0 spiro atoms. The molecule has 0 unspecified atom stereocenters. The van der Waals surface area contributed by atoms with E-state index in [-0.39, 0.29) is 11.6 Å². The molecule has 94 valence electrons. The first kappa shape index (κ1) is 12.0. The van der Waals surface area contributed by atoms with Gasteiger partial charge in [0.1, 0.15) is 12.1 Å². The van der Waals surface area contributed by atoms with Gasteiger partial charge in [-0.15, -0.1) is 0 Å². The molecule has 1 aromatic carbocycles. The highest BCUT2D eigenvalue weighted by molar-refractivity contribution is 5.52. The van der Waals surface area contributed by atoms with Gasteiger partial charge in [0, 0.05) is 12.7 Å². The fourth-order valence-corrected chi connectivity index (χ4v) is 1.68. The van der Waals surface area contributed by atoms with E-state index in [9.17, 15) is 9.18 Å². The molecule has 3 N–H and O–H groups in total. The summed E-state index contributed by atoms with van der Waals surface area (Å²) >= 11 is 0. The Kier molecular flexibility index (Phi) is 2.97. The third-order valence-electron chi connectivity index (χ3n) is 2.44. The van der Waals surface area contributed by atoms with Crippen molar-refractivity contribution < 1.29 is 4.39 Å². The summed E-state index contributed by atoms with van der Waals surface area (Å²) in [5.41, 5.74) is 5.86. The van der Waals surface area contributed by atoms with Crippen molar-refractivity contribution in [2.24, 2.45) is 0 Å². The van der Waals surface area contributed by atoms with E-state index in [0.717, 1.165) is 10.6 Å². The lowest BCUT2D eigenvalue weighted by molar-refractivity contribution is 0.612. The van der Waals surface area contributed by atoms with Gasteiger partial charge < -0.3 is 11.1 Å². The summed E-state index contributed by atoms with van der Waals surface area (Å²) in [6, 6.07) is 2.73. The van der Waals surface area contributed by atoms with E-state index >= 15 is 0 Å². The fourth-order valence-electron chi connectivity index (χ4n) is 1.68. The zero-order valence-corrected chi connectivity index (χ0v) is 9.94. The van der Waals surface area contributed by atoms with Crippen LogP contribution in [0, 0.1) is 12.7 Å². The number of aromatic nitrogens is 3. The summed E-state index contributed by atoms with van der Waals surface area (Å²) in [6.07, 6.45) is 1.22. The second kappa shape index (κ2) is 4.44. The predicted octanol–water partition coefficient (Wildman–Crippen LogP) is 0.699. The van der Waals surface area contributed by atoms with Gasteiger partial charge in [-0.05, 0) is 24.6 Å². The number of halogens is 1. The minimum atomic E-state index is -0.610. The number of nitrogens with one attached hydrogen (secondary N) is 1. The quantitative estimate of drug-likeness (QED) is 0.765. The van der Waals surface area contributed by atoms with E-state index in [0.29, 0.717) is 11.3 Å². The third-order valence-corrected chi connectivity index (χ3v) is 2.44. The zero-order valence-electron chi connectivity index (χ0n) is 9.94. The second-order valence-electron chi connectivity index (χ2n) is 3.75. The van der Waals surface area contributed by atoms with Crippen LogP contribution in [-0.4, -0.2) is 21.6 Å². The van der Waals surface area contributed by atoms with E-state index in [1.54, 1.807) is 20.0 Å². The summed E-state index contributed by atoms with van der Waals surface area (Å²) in [5, 5.41) is 2.64. The molecule has 0 saturated carbocycles. The predicted molar refractivity (Wildman–Crippen MR) is 66.3 cm³/mol. The first-order chi connectivity index (χ1) is 8.52. The van der Waals surface area contributed by atoms with Crippen LogP contribution in [0.5, 0.6) is 0 Å². The number of nitrogens with zero attached hydrogens (tertiary/aromatic N) is 3. The lowest BCUT2D eigenvalue weighted by Crippen LogP contribution is -2.24. The molecule has 2 rings (SSSR count).